The number of benzene rings is 1. The second-order valence-corrected chi connectivity index (χ2v) is 11.9. The van der Waals surface area contributed by atoms with E-state index in [9.17, 15) is 0 Å². The van der Waals surface area contributed by atoms with Gasteiger partial charge in [-0.25, -0.2) is 0 Å². The Hall–Kier alpha value is -1.18. The number of hydrogen-bond acceptors (Lipinski definition) is 2. The van der Waals surface area contributed by atoms with E-state index in [-0.39, 0.29) is 0 Å². The molecule has 0 aliphatic heterocycles. The molecule has 0 heterocycles. The zero-order valence-electron chi connectivity index (χ0n) is 26.4. The van der Waals surface area contributed by atoms with E-state index in [0.29, 0.717) is 0 Å². The summed E-state index contributed by atoms with van der Waals surface area (Å²) in [6.45, 7) is 10.5. The van der Waals surface area contributed by atoms with Gasteiger partial charge < -0.3 is 9.47 Å². The maximum atomic E-state index is 6.19. The van der Waals surface area contributed by atoms with Gasteiger partial charge in [0.1, 0.15) is 11.5 Å². The summed E-state index contributed by atoms with van der Waals surface area (Å²) in [5.41, 5.74) is 2.39. The first-order valence-corrected chi connectivity index (χ1v) is 17.1. The second kappa shape index (κ2) is 26.1. The van der Waals surface area contributed by atoms with E-state index in [4.69, 9.17) is 9.47 Å². The summed E-state index contributed by atoms with van der Waals surface area (Å²) in [4.78, 5) is 0. The number of hydrogen-bond donors (Lipinski definition) is 0. The summed E-state index contributed by atoms with van der Waals surface area (Å²) in [7, 11) is 0. The fourth-order valence-electron chi connectivity index (χ4n) is 5.34. The molecule has 0 aliphatic rings. The number of rotatable bonds is 28. The van der Waals surface area contributed by atoms with Crippen molar-refractivity contribution in [2.45, 2.75) is 182 Å². The predicted octanol–water partition coefficient (Wildman–Crippen LogP) is 12.5. The second-order valence-electron chi connectivity index (χ2n) is 11.9. The molecule has 0 amide bonds. The van der Waals surface area contributed by atoms with E-state index in [1.54, 1.807) is 0 Å². The van der Waals surface area contributed by atoms with Crippen LogP contribution in [0.1, 0.15) is 179 Å². The minimum absolute atomic E-state index is 0.819. The summed E-state index contributed by atoms with van der Waals surface area (Å²) in [6, 6.07) is 4.35. The minimum Gasteiger partial charge on any atom is -0.493 e. The Morgan fingerprint density at radius 3 is 0.947 bits per heavy atom. The molecule has 38 heavy (non-hydrogen) atoms. The quantitative estimate of drug-likeness (QED) is 0.100. The third-order valence-corrected chi connectivity index (χ3v) is 7.97. The Bertz CT molecular complexity index is 587. The molecule has 0 aliphatic carbocycles. The molecule has 0 fully saturated rings. The maximum absolute atomic E-state index is 6.19. The van der Waals surface area contributed by atoms with Gasteiger partial charge in [-0.05, 0) is 44.4 Å². The highest BCUT2D eigenvalue weighted by Crippen LogP contribution is 2.30. The first-order valence-electron chi connectivity index (χ1n) is 17.1. The molecule has 0 radical (unpaired) electrons. The lowest BCUT2D eigenvalue weighted by molar-refractivity contribution is 0.286. The average molecular weight is 531 g/mol. The molecule has 2 nitrogen and oxygen atoms in total. The van der Waals surface area contributed by atoms with Crippen LogP contribution in [0.25, 0.3) is 0 Å². The van der Waals surface area contributed by atoms with Gasteiger partial charge >= 0.3 is 0 Å². The summed E-state index contributed by atoms with van der Waals surface area (Å²) >= 11 is 0. The molecule has 0 spiro atoms. The normalized spacial score (nSPS) is 11.3. The molecule has 1 rings (SSSR count). The average Bonchev–Trinajstić information content (AvgIpc) is 2.91. The van der Waals surface area contributed by atoms with Crippen LogP contribution in [0.2, 0.25) is 0 Å². The predicted molar refractivity (Wildman–Crippen MR) is 169 cm³/mol. The summed E-state index contributed by atoms with van der Waals surface area (Å²) in [6.07, 6.45) is 33.0. The molecule has 1 aromatic carbocycles. The third-order valence-electron chi connectivity index (χ3n) is 7.97. The molecule has 0 unspecified atom stereocenters. The van der Waals surface area contributed by atoms with Crippen molar-refractivity contribution in [2.24, 2.45) is 0 Å². The van der Waals surface area contributed by atoms with E-state index < -0.39 is 0 Å². The van der Waals surface area contributed by atoms with Crippen LogP contribution in [-0.4, -0.2) is 13.2 Å². The first kappa shape index (κ1) is 34.8. The Morgan fingerprint density at radius 1 is 0.395 bits per heavy atom. The van der Waals surface area contributed by atoms with Gasteiger partial charge in [0.15, 0.2) is 0 Å². The largest absolute Gasteiger partial charge is 0.493 e. The van der Waals surface area contributed by atoms with Crippen LogP contribution in [0.4, 0.5) is 0 Å². The molecule has 1 aromatic rings. The number of unbranched alkanes of at least 4 members (excludes halogenated alkanes) is 22. The number of aryl methyl sites for hydroxylation is 1. The molecule has 0 atom stereocenters. The first-order chi connectivity index (χ1) is 18.7. The Kier molecular flexibility index (Phi) is 23.9. The van der Waals surface area contributed by atoms with Gasteiger partial charge in [0.05, 0.1) is 13.2 Å². The highest BCUT2D eigenvalue weighted by molar-refractivity contribution is 5.46. The van der Waals surface area contributed by atoms with Crippen LogP contribution in [0.3, 0.4) is 0 Å². The Balaban J connectivity index is 2.05. The van der Waals surface area contributed by atoms with Crippen molar-refractivity contribution in [1.82, 2.24) is 0 Å². The highest BCUT2D eigenvalue weighted by Gasteiger charge is 2.08. The zero-order valence-corrected chi connectivity index (χ0v) is 26.4. The van der Waals surface area contributed by atoms with E-state index in [0.717, 1.165) is 43.1 Å². The zero-order chi connectivity index (χ0) is 27.5. The monoisotopic (exact) mass is 531 g/mol. The lowest BCUT2D eigenvalue weighted by Crippen LogP contribution is -2.03. The molecule has 222 valence electrons. The molecular formula is C36H66O2. The van der Waals surface area contributed by atoms with Crippen LogP contribution in [0, 0.1) is 13.8 Å². The van der Waals surface area contributed by atoms with Crippen molar-refractivity contribution in [3.63, 3.8) is 0 Å². The van der Waals surface area contributed by atoms with Gasteiger partial charge in [-0.2, -0.15) is 0 Å². The van der Waals surface area contributed by atoms with Crippen molar-refractivity contribution in [1.29, 1.82) is 0 Å². The van der Waals surface area contributed by atoms with Crippen molar-refractivity contribution in [3.05, 3.63) is 23.3 Å². The van der Waals surface area contributed by atoms with Crippen LogP contribution in [0.15, 0.2) is 12.1 Å². The third kappa shape index (κ3) is 19.8. The molecule has 0 bridgehead atoms. The van der Waals surface area contributed by atoms with Gasteiger partial charge in [-0.15, -0.1) is 0 Å². The molecule has 0 aromatic heterocycles. The van der Waals surface area contributed by atoms with E-state index in [2.05, 4.69) is 39.8 Å². The smallest absolute Gasteiger partial charge is 0.126 e. The lowest BCUT2D eigenvalue weighted by atomic mass is 10.1. The summed E-state index contributed by atoms with van der Waals surface area (Å²) < 4.78 is 12.4. The van der Waals surface area contributed by atoms with E-state index in [1.165, 1.54) is 147 Å². The summed E-state index contributed by atoms with van der Waals surface area (Å²) in [5.74, 6) is 2.02. The van der Waals surface area contributed by atoms with Gasteiger partial charge in [-0.3, -0.25) is 0 Å². The van der Waals surface area contributed by atoms with Crippen molar-refractivity contribution < 1.29 is 9.47 Å². The van der Waals surface area contributed by atoms with Crippen molar-refractivity contribution >= 4 is 0 Å². The SMILES string of the molecule is CCCCCCCCCCCCCCOc1cc(C)cc(OCCCCCCCCCCCCCC)c1C. The van der Waals surface area contributed by atoms with Crippen molar-refractivity contribution in [2.75, 3.05) is 13.2 Å². The maximum Gasteiger partial charge on any atom is 0.126 e. The Morgan fingerprint density at radius 2 is 0.658 bits per heavy atom. The fraction of sp³-hybridized carbons (Fsp3) is 0.833. The molecule has 0 saturated carbocycles. The van der Waals surface area contributed by atoms with Gasteiger partial charge in [-0.1, -0.05) is 155 Å². The topological polar surface area (TPSA) is 18.5 Å². The van der Waals surface area contributed by atoms with E-state index >= 15 is 0 Å². The molecule has 0 N–H and O–H groups in total. The van der Waals surface area contributed by atoms with Gasteiger partial charge in [0.2, 0.25) is 0 Å². The highest BCUT2D eigenvalue weighted by atomic mass is 16.5. The molecule has 2 heteroatoms. The fourth-order valence-corrected chi connectivity index (χ4v) is 5.34. The van der Waals surface area contributed by atoms with E-state index in [1.807, 2.05) is 0 Å². The lowest BCUT2D eigenvalue weighted by Gasteiger charge is -2.15. The van der Waals surface area contributed by atoms with Crippen LogP contribution < -0.4 is 9.47 Å². The van der Waals surface area contributed by atoms with Gasteiger partial charge in [0, 0.05) is 5.56 Å². The molecule has 0 saturated heterocycles. The minimum atomic E-state index is 0.819. The standard InChI is InChI=1S/C36H66O2/c1-5-7-9-11-13-15-17-19-21-23-25-27-29-37-35-31-33(3)32-36(34(35)4)38-30-28-26-24-22-20-18-16-14-12-10-8-6-2/h31-32H,5-30H2,1-4H3. The molecular weight excluding hydrogens is 464 g/mol. The van der Waals surface area contributed by atoms with Crippen molar-refractivity contribution in [3.8, 4) is 11.5 Å². The van der Waals surface area contributed by atoms with Crippen LogP contribution >= 0.6 is 0 Å². The van der Waals surface area contributed by atoms with Crippen LogP contribution in [-0.2, 0) is 0 Å². The Labute approximate surface area is 239 Å². The van der Waals surface area contributed by atoms with Gasteiger partial charge in [0.25, 0.3) is 0 Å². The number of ether oxygens (including phenoxy) is 2. The summed E-state index contributed by atoms with van der Waals surface area (Å²) in [5, 5.41) is 0. The van der Waals surface area contributed by atoms with Crippen LogP contribution in [0.5, 0.6) is 11.5 Å².